The molecule has 2 aliphatic carbocycles. The third-order valence-electron chi connectivity index (χ3n) is 4.22. The van der Waals surface area contributed by atoms with Crippen LogP contribution in [0.25, 0.3) is 0 Å². The van der Waals surface area contributed by atoms with Crippen molar-refractivity contribution in [3.63, 3.8) is 0 Å². The van der Waals surface area contributed by atoms with Crippen molar-refractivity contribution in [1.82, 2.24) is 5.32 Å². The van der Waals surface area contributed by atoms with Gasteiger partial charge >= 0.3 is 0 Å². The van der Waals surface area contributed by atoms with Crippen LogP contribution in [0.1, 0.15) is 58.8 Å². The fraction of sp³-hybridized carbons (Fsp3) is 1.00. The molecule has 0 aliphatic heterocycles. The first-order valence-electron chi connectivity index (χ1n) is 6.45. The average Bonchev–Trinajstić information content (AvgIpc) is 2.70. The van der Waals surface area contributed by atoms with Gasteiger partial charge in [0.05, 0.1) is 5.60 Å². The van der Waals surface area contributed by atoms with Crippen LogP contribution >= 0.6 is 0 Å². The highest BCUT2D eigenvalue weighted by atomic mass is 16.3. The Balaban J connectivity index is 1.74. The molecule has 2 fully saturated rings. The molecule has 2 N–H and O–H groups in total. The summed E-state index contributed by atoms with van der Waals surface area (Å²) < 4.78 is 0. The summed E-state index contributed by atoms with van der Waals surface area (Å²) in [7, 11) is 0. The summed E-state index contributed by atoms with van der Waals surface area (Å²) >= 11 is 0. The van der Waals surface area contributed by atoms with Crippen LogP contribution in [-0.4, -0.2) is 23.3 Å². The van der Waals surface area contributed by atoms with Gasteiger partial charge in [-0.05, 0) is 37.5 Å². The Hall–Kier alpha value is -0.0800. The van der Waals surface area contributed by atoms with Gasteiger partial charge in [0.1, 0.15) is 0 Å². The van der Waals surface area contributed by atoms with Gasteiger partial charge in [0.25, 0.3) is 0 Å². The van der Waals surface area contributed by atoms with Crippen molar-refractivity contribution in [2.24, 2.45) is 5.41 Å². The predicted octanol–water partition coefficient (Wildman–Crippen LogP) is 2.46. The molecule has 2 aliphatic rings. The van der Waals surface area contributed by atoms with E-state index in [2.05, 4.69) is 19.2 Å². The minimum Gasteiger partial charge on any atom is -0.389 e. The van der Waals surface area contributed by atoms with Crippen LogP contribution in [-0.2, 0) is 0 Å². The van der Waals surface area contributed by atoms with E-state index in [4.69, 9.17) is 0 Å². The fourth-order valence-corrected chi connectivity index (χ4v) is 3.15. The number of aliphatic hydroxyl groups is 1. The zero-order valence-corrected chi connectivity index (χ0v) is 10.2. The lowest BCUT2D eigenvalue weighted by molar-refractivity contribution is 0.0447. The first-order valence-corrected chi connectivity index (χ1v) is 6.45. The van der Waals surface area contributed by atoms with Crippen molar-refractivity contribution in [3.05, 3.63) is 0 Å². The summed E-state index contributed by atoms with van der Waals surface area (Å²) in [4.78, 5) is 0. The molecule has 0 amide bonds. The van der Waals surface area contributed by atoms with Crippen molar-refractivity contribution in [2.45, 2.75) is 70.4 Å². The number of hydrogen-bond donors (Lipinski definition) is 2. The average molecular weight is 211 g/mol. The predicted molar refractivity (Wildman–Crippen MR) is 62.8 cm³/mol. The van der Waals surface area contributed by atoms with E-state index in [1.165, 1.54) is 32.1 Å². The van der Waals surface area contributed by atoms with E-state index in [-0.39, 0.29) is 5.60 Å². The second kappa shape index (κ2) is 4.06. The van der Waals surface area contributed by atoms with Crippen LogP contribution < -0.4 is 5.32 Å². The minimum absolute atomic E-state index is 0.382. The second-order valence-electron chi connectivity index (χ2n) is 6.42. The van der Waals surface area contributed by atoms with Crippen LogP contribution in [0.15, 0.2) is 0 Å². The van der Waals surface area contributed by atoms with E-state index in [0.29, 0.717) is 11.5 Å². The maximum Gasteiger partial charge on any atom is 0.0771 e. The van der Waals surface area contributed by atoms with Gasteiger partial charge < -0.3 is 10.4 Å². The SMILES string of the molecule is CC1(C)CCC(NCC2(O)CCCC2)C1. The van der Waals surface area contributed by atoms with E-state index in [0.717, 1.165) is 19.4 Å². The van der Waals surface area contributed by atoms with Gasteiger partial charge in [-0.2, -0.15) is 0 Å². The van der Waals surface area contributed by atoms with E-state index in [1.807, 2.05) is 0 Å². The Morgan fingerprint density at radius 3 is 2.40 bits per heavy atom. The van der Waals surface area contributed by atoms with Gasteiger partial charge in [0.2, 0.25) is 0 Å². The quantitative estimate of drug-likeness (QED) is 0.751. The van der Waals surface area contributed by atoms with Crippen LogP contribution in [0, 0.1) is 5.41 Å². The molecular formula is C13H25NO. The number of nitrogens with one attached hydrogen (secondary N) is 1. The molecule has 0 heterocycles. The molecule has 0 bridgehead atoms. The molecule has 0 aromatic carbocycles. The van der Waals surface area contributed by atoms with Crippen LogP contribution in [0.3, 0.4) is 0 Å². The molecule has 2 rings (SSSR count). The van der Waals surface area contributed by atoms with Gasteiger partial charge in [0.15, 0.2) is 0 Å². The molecule has 0 spiro atoms. The Morgan fingerprint density at radius 2 is 1.87 bits per heavy atom. The second-order valence-corrected chi connectivity index (χ2v) is 6.42. The van der Waals surface area contributed by atoms with Crippen molar-refractivity contribution < 1.29 is 5.11 Å². The van der Waals surface area contributed by atoms with Crippen molar-refractivity contribution in [1.29, 1.82) is 0 Å². The topological polar surface area (TPSA) is 32.3 Å². The lowest BCUT2D eigenvalue weighted by atomic mass is 9.91. The van der Waals surface area contributed by atoms with Gasteiger partial charge in [-0.3, -0.25) is 0 Å². The molecular weight excluding hydrogens is 186 g/mol. The first-order chi connectivity index (χ1) is 6.99. The van der Waals surface area contributed by atoms with Crippen molar-refractivity contribution in [2.75, 3.05) is 6.54 Å². The van der Waals surface area contributed by atoms with Crippen molar-refractivity contribution >= 4 is 0 Å². The summed E-state index contributed by atoms with van der Waals surface area (Å²) in [5.41, 5.74) is 0.128. The van der Waals surface area contributed by atoms with Crippen LogP contribution in [0.4, 0.5) is 0 Å². The van der Waals surface area contributed by atoms with E-state index in [9.17, 15) is 5.11 Å². The lowest BCUT2D eigenvalue weighted by Gasteiger charge is -2.25. The van der Waals surface area contributed by atoms with Crippen molar-refractivity contribution in [3.8, 4) is 0 Å². The summed E-state index contributed by atoms with van der Waals surface area (Å²) in [6, 6.07) is 0.643. The Kier molecular flexibility index (Phi) is 3.09. The lowest BCUT2D eigenvalue weighted by Crippen LogP contribution is -2.42. The molecule has 2 saturated carbocycles. The van der Waals surface area contributed by atoms with Gasteiger partial charge in [-0.15, -0.1) is 0 Å². The molecule has 1 atom stereocenters. The molecule has 1 unspecified atom stereocenters. The highest BCUT2D eigenvalue weighted by molar-refractivity contribution is 4.91. The molecule has 88 valence electrons. The minimum atomic E-state index is -0.382. The highest BCUT2D eigenvalue weighted by Crippen LogP contribution is 2.37. The maximum absolute atomic E-state index is 10.2. The largest absolute Gasteiger partial charge is 0.389 e. The summed E-state index contributed by atoms with van der Waals surface area (Å²) in [5, 5.41) is 13.8. The van der Waals surface area contributed by atoms with Crippen LogP contribution in [0.2, 0.25) is 0 Å². The van der Waals surface area contributed by atoms with Gasteiger partial charge in [-0.25, -0.2) is 0 Å². The number of rotatable bonds is 3. The first kappa shape index (κ1) is 11.4. The standard InChI is InChI=1S/C13H25NO/c1-12(2)8-5-11(9-12)14-10-13(15)6-3-4-7-13/h11,14-15H,3-10H2,1-2H3. The van der Waals surface area contributed by atoms with Gasteiger partial charge in [0, 0.05) is 12.6 Å². The van der Waals surface area contributed by atoms with E-state index in [1.54, 1.807) is 0 Å². The van der Waals surface area contributed by atoms with Gasteiger partial charge in [-0.1, -0.05) is 26.7 Å². The molecule has 15 heavy (non-hydrogen) atoms. The normalized spacial score (nSPS) is 33.4. The van der Waals surface area contributed by atoms with Crippen LogP contribution in [0.5, 0.6) is 0 Å². The zero-order valence-electron chi connectivity index (χ0n) is 10.2. The smallest absolute Gasteiger partial charge is 0.0771 e. The monoisotopic (exact) mass is 211 g/mol. The summed E-state index contributed by atoms with van der Waals surface area (Å²) in [6.07, 6.45) is 8.27. The third-order valence-corrected chi connectivity index (χ3v) is 4.22. The molecule has 2 heteroatoms. The Labute approximate surface area is 93.5 Å². The molecule has 0 saturated heterocycles. The van der Waals surface area contributed by atoms with E-state index >= 15 is 0 Å². The third kappa shape index (κ3) is 2.94. The molecule has 0 aromatic heterocycles. The summed E-state index contributed by atoms with van der Waals surface area (Å²) in [6.45, 7) is 5.51. The Morgan fingerprint density at radius 1 is 1.20 bits per heavy atom. The Bertz CT molecular complexity index is 219. The van der Waals surface area contributed by atoms with E-state index < -0.39 is 0 Å². The highest BCUT2D eigenvalue weighted by Gasteiger charge is 2.34. The molecule has 0 aromatic rings. The number of hydrogen-bond acceptors (Lipinski definition) is 2. The maximum atomic E-state index is 10.2. The zero-order chi connectivity index (χ0) is 10.9. The fourth-order valence-electron chi connectivity index (χ4n) is 3.15. The summed E-state index contributed by atoms with van der Waals surface area (Å²) in [5.74, 6) is 0. The molecule has 0 radical (unpaired) electrons. The molecule has 2 nitrogen and oxygen atoms in total.